The molecular formula is C17H22N2O3. The number of nitrogens with zero attached hydrogens (tertiary/aromatic N) is 1. The van der Waals surface area contributed by atoms with Crippen molar-refractivity contribution in [2.24, 2.45) is 5.92 Å². The van der Waals surface area contributed by atoms with E-state index in [1.165, 1.54) is 0 Å². The Labute approximate surface area is 130 Å². The summed E-state index contributed by atoms with van der Waals surface area (Å²) in [5.74, 6) is 0.128. The van der Waals surface area contributed by atoms with Crippen LogP contribution in [0, 0.1) is 5.92 Å². The summed E-state index contributed by atoms with van der Waals surface area (Å²) in [6.45, 7) is 1.98. The van der Waals surface area contributed by atoms with Crippen molar-refractivity contribution in [3.05, 3.63) is 30.3 Å². The predicted octanol–water partition coefficient (Wildman–Crippen LogP) is 2.04. The van der Waals surface area contributed by atoms with Crippen molar-refractivity contribution in [2.45, 2.75) is 31.8 Å². The highest BCUT2D eigenvalue weighted by Gasteiger charge is 2.32. The normalized spacial score (nSPS) is 22.5. The minimum atomic E-state index is -0.255. The predicted molar refractivity (Wildman–Crippen MR) is 83.3 cm³/mol. The molecule has 2 saturated heterocycles. The van der Waals surface area contributed by atoms with Gasteiger partial charge in [-0.25, -0.2) is 0 Å². The van der Waals surface area contributed by atoms with Crippen molar-refractivity contribution in [3.63, 3.8) is 0 Å². The van der Waals surface area contributed by atoms with E-state index in [1.807, 2.05) is 35.2 Å². The van der Waals surface area contributed by atoms with Gasteiger partial charge in [0.2, 0.25) is 5.91 Å². The Morgan fingerprint density at radius 2 is 1.82 bits per heavy atom. The third-order valence-corrected chi connectivity index (χ3v) is 4.42. The van der Waals surface area contributed by atoms with Crippen LogP contribution >= 0.6 is 0 Å². The molecule has 1 aromatic rings. The standard InChI is InChI=1S/C17H22N2O3/c20-16(18-14-5-2-1-3-6-14)13-8-10-19(11-9-13)17(21)15-7-4-12-22-15/h1-3,5-6,13,15H,4,7-12H2,(H,18,20). The van der Waals surface area contributed by atoms with Gasteiger partial charge in [0.05, 0.1) is 0 Å². The number of hydrogen-bond acceptors (Lipinski definition) is 3. The van der Waals surface area contributed by atoms with Crippen LogP contribution in [-0.4, -0.2) is 42.5 Å². The molecule has 0 radical (unpaired) electrons. The number of para-hydroxylation sites is 1. The molecule has 0 saturated carbocycles. The number of anilines is 1. The quantitative estimate of drug-likeness (QED) is 0.929. The summed E-state index contributed by atoms with van der Waals surface area (Å²) >= 11 is 0. The van der Waals surface area contributed by atoms with E-state index < -0.39 is 0 Å². The Balaban J connectivity index is 1.48. The van der Waals surface area contributed by atoms with Crippen molar-refractivity contribution in [3.8, 4) is 0 Å². The molecule has 0 bridgehead atoms. The van der Waals surface area contributed by atoms with E-state index >= 15 is 0 Å². The lowest BCUT2D eigenvalue weighted by atomic mass is 9.95. The van der Waals surface area contributed by atoms with Crippen LogP contribution in [0.3, 0.4) is 0 Å². The summed E-state index contributed by atoms with van der Waals surface area (Å²) < 4.78 is 5.45. The molecule has 2 heterocycles. The molecular weight excluding hydrogens is 280 g/mol. The Morgan fingerprint density at radius 3 is 2.45 bits per heavy atom. The minimum Gasteiger partial charge on any atom is -0.368 e. The summed E-state index contributed by atoms with van der Waals surface area (Å²) in [7, 11) is 0. The Kier molecular flexibility index (Phi) is 4.73. The molecule has 0 aliphatic carbocycles. The molecule has 1 aromatic carbocycles. The number of ether oxygens (including phenoxy) is 1. The van der Waals surface area contributed by atoms with Gasteiger partial charge in [-0.05, 0) is 37.8 Å². The number of benzene rings is 1. The van der Waals surface area contributed by atoms with Crippen LogP contribution in [0.4, 0.5) is 5.69 Å². The number of carbonyl (C=O) groups excluding carboxylic acids is 2. The van der Waals surface area contributed by atoms with Gasteiger partial charge in [0.1, 0.15) is 6.10 Å². The maximum Gasteiger partial charge on any atom is 0.251 e. The lowest BCUT2D eigenvalue weighted by molar-refractivity contribution is -0.143. The maximum absolute atomic E-state index is 12.3. The van der Waals surface area contributed by atoms with Gasteiger partial charge in [0, 0.05) is 31.3 Å². The third-order valence-electron chi connectivity index (χ3n) is 4.42. The monoisotopic (exact) mass is 302 g/mol. The van der Waals surface area contributed by atoms with Crippen molar-refractivity contribution < 1.29 is 14.3 Å². The molecule has 118 valence electrons. The van der Waals surface area contributed by atoms with Crippen LogP contribution in [0.1, 0.15) is 25.7 Å². The van der Waals surface area contributed by atoms with E-state index in [0.717, 1.165) is 31.4 Å². The fourth-order valence-corrected chi connectivity index (χ4v) is 3.10. The molecule has 1 N–H and O–H groups in total. The minimum absolute atomic E-state index is 0.0197. The zero-order valence-electron chi connectivity index (χ0n) is 12.7. The van der Waals surface area contributed by atoms with E-state index in [4.69, 9.17) is 4.74 Å². The summed E-state index contributed by atoms with van der Waals surface area (Å²) in [4.78, 5) is 26.4. The second-order valence-electron chi connectivity index (χ2n) is 5.96. The van der Waals surface area contributed by atoms with Gasteiger partial charge in [-0.2, -0.15) is 0 Å². The van der Waals surface area contributed by atoms with Crippen LogP contribution in [0.15, 0.2) is 30.3 Å². The molecule has 0 spiro atoms. The summed E-state index contributed by atoms with van der Waals surface area (Å²) in [6, 6.07) is 9.49. The van der Waals surface area contributed by atoms with E-state index in [2.05, 4.69) is 5.32 Å². The Bertz CT molecular complexity index is 518. The van der Waals surface area contributed by atoms with Gasteiger partial charge in [0.25, 0.3) is 5.91 Å². The lowest BCUT2D eigenvalue weighted by Gasteiger charge is -2.32. The molecule has 2 amide bonds. The Morgan fingerprint density at radius 1 is 1.09 bits per heavy atom. The van der Waals surface area contributed by atoms with Crippen molar-refractivity contribution in [1.82, 2.24) is 4.90 Å². The van der Waals surface area contributed by atoms with E-state index in [-0.39, 0.29) is 23.8 Å². The number of likely N-dealkylation sites (tertiary alicyclic amines) is 1. The molecule has 0 aromatic heterocycles. The van der Waals surface area contributed by atoms with Crippen LogP contribution in [0.25, 0.3) is 0 Å². The number of nitrogens with one attached hydrogen (secondary N) is 1. The molecule has 5 heteroatoms. The first-order valence-corrected chi connectivity index (χ1v) is 8.00. The zero-order valence-corrected chi connectivity index (χ0v) is 12.7. The van der Waals surface area contributed by atoms with E-state index in [9.17, 15) is 9.59 Å². The fraction of sp³-hybridized carbons (Fsp3) is 0.529. The van der Waals surface area contributed by atoms with Gasteiger partial charge in [-0.15, -0.1) is 0 Å². The van der Waals surface area contributed by atoms with Crippen molar-refractivity contribution in [1.29, 1.82) is 0 Å². The van der Waals surface area contributed by atoms with Gasteiger partial charge in [-0.3, -0.25) is 9.59 Å². The second kappa shape index (κ2) is 6.92. The second-order valence-corrected chi connectivity index (χ2v) is 5.96. The largest absolute Gasteiger partial charge is 0.368 e. The number of piperidine rings is 1. The van der Waals surface area contributed by atoms with Crippen LogP contribution in [0.2, 0.25) is 0 Å². The van der Waals surface area contributed by atoms with Crippen molar-refractivity contribution in [2.75, 3.05) is 25.0 Å². The maximum atomic E-state index is 12.3. The molecule has 5 nitrogen and oxygen atoms in total. The molecule has 3 rings (SSSR count). The summed E-state index contributed by atoms with van der Waals surface area (Å²) in [5, 5.41) is 2.94. The average molecular weight is 302 g/mol. The van der Waals surface area contributed by atoms with Crippen molar-refractivity contribution >= 4 is 17.5 Å². The summed E-state index contributed by atoms with van der Waals surface area (Å²) in [6.07, 6.45) is 2.98. The summed E-state index contributed by atoms with van der Waals surface area (Å²) in [5.41, 5.74) is 0.824. The fourth-order valence-electron chi connectivity index (χ4n) is 3.10. The number of amides is 2. The van der Waals surface area contributed by atoms with Gasteiger partial charge >= 0.3 is 0 Å². The first-order valence-electron chi connectivity index (χ1n) is 8.00. The number of hydrogen-bond donors (Lipinski definition) is 1. The Hall–Kier alpha value is -1.88. The van der Waals surface area contributed by atoms with Crippen LogP contribution in [-0.2, 0) is 14.3 Å². The topological polar surface area (TPSA) is 58.6 Å². The first kappa shape index (κ1) is 15.0. The van der Waals surface area contributed by atoms with Crippen LogP contribution in [0.5, 0.6) is 0 Å². The highest BCUT2D eigenvalue weighted by molar-refractivity contribution is 5.92. The molecule has 1 unspecified atom stereocenters. The zero-order chi connectivity index (χ0) is 15.4. The van der Waals surface area contributed by atoms with E-state index in [0.29, 0.717) is 19.7 Å². The van der Waals surface area contributed by atoms with Gasteiger partial charge in [-0.1, -0.05) is 18.2 Å². The molecule has 22 heavy (non-hydrogen) atoms. The molecule has 2 aliphatic rings. The molecule has 1 atom stereocenters. The average Bonchev–Trinajstić information content (AvgIpc) is 3.10. The highest BCUT2D eigenvalue weighted by Crippen LogP contribution is 2.22. The van der Waals surface area contributed by atoms with Gasteiger partial charge in [0.15, 0.2) is 0 Å². The number of rotatable bonds is 3. The third kappa shape index (κ3) is 3.47. The van der Waals surface area contributed by atoms with E-state index in [1.54, 1.807) is 0 Å². The SMILES string of the molecule is O=C(Nc1ccccc1)C1CCN(C(=O)C2CCCO2)CC1. The smallest absolute Gasteiger partial charge is 0.251 e. The van der Waals surface area contributed by atoms with Gasteiger partial charge < -0.3 is 15.0 Å². The number of carbonyl (C=O) groups is 2. The van der Waals surface area contributed by atoms with Crippen LogP contribution < -0.4 is 5.32 Å². The first-order chi connectivity index (χ1) is 10.7. The molecule has 2 aliphatic heterocycles. The highest BCUT2D eigenvalue weighted by atomic mass is 16.5. The molecule has 2 fully saturated rings. The lowest BCUT2D eigenvalue weighted by Crippen LogP contribution is -2.45.